The van der Waals surface area contributed by atoms with Gasteiger partial charge in [-0.25, -0.2) is 0 Å². The molecule has 2 aromatic carbocycles. The van der Waals surface area contributed by atoms with E-state index in [-0.39, 0.29) is 30.6 Å². The fourth-order valence-corrected chi connectivity index (χ4v) is 6.97. The molecule has 2 unspecified atom stereocenters. The Balaban J connectivity index is 1.56. The predicted molar refractivity (Wildman–Crippen MR) is 151 cm³/mol. The number of fused-ring (bicyclic) bond motifs is 3. The Kier molecular flexibility index (Phi) is 7.39. The number of nitrogens with one attached hydrogen (secondary N) is 1. The molecule has 5 N–H and O–H groups in total. The van der Waals surface area contributed by atoms with E-state index < -0.39 is 76.0 Å². The summed E-state index contributed by atoms with van der Waals surface area (Å²) in [6.07, 6.45) is 0.109. The fraction of sp³-hybridized carbons (Fsp3) is 0.387. The first-order valence-electron chi connectivity index (χ1n) is 13.9. The molecule has 5 rings (SSSR count). The zero-order valence-corrected chi connectivity index (χ0v) is 23.7. The van der Waals surface area contributed by atoms with Crippen LogP contribution in [-0.2, 0) is 35.2 Å². The van der Waals surface area contributed by atoms with Crippen LogP contribution in [0, 0.1) is 23.7 Å². The smallest absolute Gasteiger partial charge is 0.291 e. The summed E-state index contributed by atoms with van der Waals surface area (Å²) >= 11 is 0. The van der Waals surface area contributed by atoms with E-state index in [1.54, 1.807) is 37.3 Å². The average molecular weight is 590 g/mol. The van der Waals surface area contributed by atoms with Gasteiger partial charge >= 0.3 is 0 Å². The molecule has 2 aromatic rings. The van der Waals surface area contributed by atoms with E-state index >= 15 is 0 Å². The first-order valence-corrected chi connectivity index (χ1v) is 13.9. The van der Waals surface area contributed by atoms with Crippen LogP contribution in [0.15, 0.2) is 36.4 Å². The van der Waals surface area contributed by atoms with Gasteiger partial charge in [0, 0.05) is 18.0 Å². The number of likely N-dealkylation sites (N-methyl/N-ethyl adjacent to an activating group) is 1. The molecule has 0 aliphatic heterocycles. The molecule has 2 fully saturated rings. The second-order valence-corrected chi connectivity index (χ2v) is 11.6. The number of ketones is 5. The third-order valence-corrected chi connectivity index (χ3v) is 8.97. The van der Waals surface area contributed by atoms with Crippen LogP contribution in [0.5, 0.6) is 5.75 Å². The van der Waals surface area contributed by atoms with Crippen molar-refractivity contribution in [1.82, 2.24) is 4.90 Å². The molecule has 0 radical (unpaired) electrons. The van der Waals surface area contributed by atoms with Crippen molar-refractivity contribution in [1.29, 1.82) is 0 Å². The van der Waals surface area contributed by atoms with Crippen molar-refractivity contribution in [2.24, 2.45) is 29.4 Å². The van der Waals surface area contributed by atoms with E-state index in [0.717, 1.165) is 0 Å². The minimum Gasteiger partial charge on any atom is -0.507 e. The lowest BCUT2D eigenvalue weighted by molar-refractivity contribution is -0.181. The van der Waals surface area contributed by atoms with Gasteiger partial charge in [-0.1, -0.05) is 25.1 Å². The van der Waals surface area contributed by atoms with Gasteiger partial charge in [0.25, 0.3) is 5.91 Å². The van der Waals surface area contributed by atoms with E-state index in [9.17, 15) is 43.8 Å². The standard InChI is InChI=1S/C31H31N3O9/c1-4-19(35)30(42)33-15-7-5-13(6-8-15)16-9-10-20(36)22-17(16)11-14-12-18-24(34(2)3)26(38)23(29(32)41)28(40)31(18,43)27(39)21(14)25(22)37/h5-10,14,18,21,23-24,36,43H,4,11-12H2,1-3H3,(H2,32,41)(H,33,42)/t14-,18-,21?,23?,24-,31-/m0/s1. The van der Waals surface area contributed by atoms with Gasteiger partial charge in [-0.05, 0) is 67.7 Å². The number of primary amides is 1. The number of anilines is 1. The Morgan fingerprint density at radius 2 is 1.67 bits per heavy atom. The summed E-state index contributed by atoms with van der Waals surface area (Å²) in [7, 11) is 3.05. The number of aliphatic hydroxyl groups is 1. The van der Waals surface area contributed by atoms with Gasteiger partial charge < -0.3 is 21.3 Å². The lowest BCUT2D eigenvalue weighted by Gasteiger charge is -2.52. The number of Topliss-reactive ketones (excluding diaryl/α,β-unsaturated/α-hetero) is 5. The Morgan fingerprint density at radius 1 is 1.02 bits per heavy atom. The van der Waals surface area contributed by atoms with E-state index in [1.165, 1.54) is 25.1 Å². The lowest BCUT2D eigenvalue weighted by atomic mass is 9.52. The van der Waals surface area contributed by atoms with Gasteiger partial charge in [-0.15, -0.1) is 0 Å². The van der Waals surface area contributed by atoms with E-state index in [2.05, 4.69) is 5.32 Å². The fourth-order valence-electron chi connectivity index (χ4n) is 6.97. The lowest BCUT2D eigenvalue weighted by Crippen LogP contribution is -2.74. The molecule has 12 heteroatoms. The molecule has 0 spiro atoms. The SMILES string of the molecule is CCC(=O)C(=O)Nc1ccc(-c2ccc(O)c3c2C[C@H]2C[C@H]4[C@H](N(C)C)C(=O)C(C(N)=O)C(=O)[C@@]4(O)C(=O)C2C3=O)cc1. The molecule has 0 aromatic heterocycles. The summed E-state index contributed by atoms with van der Waals surface area (Å²) in [5, 5.41) is 25.0. The van der Waals surface area contributed by atoms with Crippen LogP contribution >= 0.6 is 0 Å². The number of aromatic hydroxyl groups is 1. The maximum Gasteiger partial charge on any atom is 0.291 e. The van der Waals surface area contributed by atoms with Crippen molar-refractivity contribution >= 4 is 46.4 Å². The number of benzene rings is 2. The number of phenolic OH excluding ortho intramolecular Hbond substituents is 1. The van der Waals surface area contributed by atoms with Crippen LogP contribution < -0.4 is 11.1 Å². The van der Waals surface area contributed by atoms with Gasteiger partial charge in [-0.3, -0.25) is 38.5 Å². The number of carbonyl (C=O) groups excluding carboxylic acids is 7. The van der Waals surface area contributed by atoms with Gasteiger partial charge in [-0.2, -0.15) is 0 Å². The molecule has 2 amide bonds. The van der Waals surface area contributed by atoms with Gasteiger partial charge in [0.05, 0.1) is 17.5 Å². The first kappa shape index (κ1) is 29.9. The molecular formula is C31H31N3O9. The molecule has 0 heterocycles. The number of hydrogen-bond acceptors (Lipinski definition) is 10. The monoisotopic (exact) mass is 589 g/mol. The summed E-state index contributed by atoms with van der Waals surface area (Å²) in [5.74, 6) is -12.4. The predicted octanol–water partition coefficient (Wildman–Crippen LogP) is 0.452. The highest BCUT2D eigenvalue weighted by atomic mass is 16.3. The molecule has 224 valence electrons. The van der Waals surface area contributed by atoms with Crippen LogP contribution in [-0.4, -0.2) is 81.6 Å². The summed E-state index contributed by atoms with van der Waals surface area (Å²) in [6, 6.07) is 8.25. The highest BCUT2D eigenvalue weighted by Crippen LogP contribution is 2.51. The molecule has 0 bridgehead atoms. The van der Waals surface area contributed by atoms with E-state index in [0.29, 0.717) is 22.4 Å². The summed E-state index contributed by atoms with van der Waals surface area (Å²) in [5.41, 5.74) is 4.47. The third kappa shape index (κ3) is 4.48. The van der Waals surface area contributed by atoms with Crippen molar-refractivity contribution in [3.63, 3.8) is 0 Å². The maximum absolute atomic E-state index is 13.9. The number of hydrogen-bond donors (Lipinski definition) is 4. The highest BCUT2D eigenvalue weighted by molar-refractivity contribution is 6.40. The molecule has 0 saturated heterocycles. The molecule has 3 aliphatic rings. The first-order chi connectivity index (χ1) is 20.2. The van der Waals surface area contributed by atoms with Crippen molar-refractivity contribution < 1.29 is 43.8 Å². The molecule has 43 heavy (non-hydrogen) atoms. The summed E-state index contributed by atoms with van der Waals surface area (Å²) in [4.78, 5) is 91.6. The second-order valence-electron chi connectivity index (χ2n) is 11.6. The molecule has 6 atom stereocenters. The summed E-state index contributed by atoms with van der Waals surface area (Å²) in [6.45, 7) is 1.58. The topological polar surface area (TPSA) is 201 Å². The average Bonchev–Trinajstić information content (AvgIpc) is 2.94. The molecule has 12 nitrogen and oxygen atoms in total. The van der Waals surface area contributed by atoms with E-state index in [4.69, 9.17) is 5.73 Å². The molecule has 2 saturated carbocycles. The van der Waals surface area contributed by atoms with Crippen LogP contribution in [0.25, 0.3) is 11.1 Å². The number of phenols is 1. The zero-order valence-electron chi connectivity index (χ0n) is 23.7. The number of nitrogens with zero attached hydrogens (tertiary/aromatic N) is 1. The largest absolute Gasteiger partial charge is 0.507 e. The second kappa shape index (κ2) is 10.6. The van der Waals surface area contributed by atoms with Crippen LogP contribution in [0.2, 0.25) is 0 Å². The Morgan fingerprint density at radius 3 is 2.26 bits per heavy atom. The Labute approximate surface area is 246 Å². The number of rotatable bonds is 6. The van der Waals surface area contributed by atoms with Crippen LogP contribution in [0.3, 0.4) is 0 Å². The van der Waals surface area contributed by atoms with Crippen molar-refractivity contribution in [3.05, 3.63) is 47.5 Å². The van der Waals surface area contributed by atoms with Crippen LogP contribution in [0.1, 0.15) is 35.7 Å². The van der Waals surface area contributed by atoms with Crippen molar-refractivity contribution in [2.75, 3.05) is 19.4 Å². The quantitative estimate of drug-likeness (QED) is 0.271. The van der Waals surface area contributed by atoms with Crippen LogP contribution in [0.4, 0.5) is 5.69 Å². The molecule has 3 aliphatic carbocycles. The Bertz CT molecular complexity index is 1610. The van der Waals surface area contributed by atoms with Gasteiger partial charge in [0.1, 0.15) is 5.75 Å². The minimum absolute atomic E-state index is 0.0594. The van der Waals surface area contributed by atoms with Gasteiger partial charge in [0.2, 0.25) is 11.7 Å². The van der Waals surface area contributed by atoms with Gasteiger partial charge in [0.15, 0.2) is 34.7 Å². The number of amides is 2. The number of carbonyl (C=O) groups is 7. The normalized spacial score (nSPS) is 28.2. The summed E-state index contributed by atoms with van der Waals surface area (Å²) < 4.78 is 0. The number of nitrogens with two attached hydrogens (primary N) is 1. The Hall–Kier alpha value is -4.55. The zero-order chi connectivity index (χ0) is 31.5. The molecular weight excluding hydrogens is 558 g/mol. The third-order valence-electron chi connectivity index (χ3n) is 8.97. The van der Waals surface area contributed by atoms with E-state index in [1.807, 2.05) is 0 Å². The van der Waals surface area contributed by atoms with Crippen molar-refractivity contribution in [2.45, 2.75) is 37.8 Å². The highest BCUT2D eigenvalue weighted by Gasteiger charge is 2.69. The van der Waals surface area contributed by atoms with Crippen molar-refractivity contribution in [3.8, 4) is 16.9 Å². The maximum atomic E-state index is 13.9. The minimum atomic E-state index is -2.79.